The van der Waals surface area contributed by atoms with Crippen molar-refractivity contribution in [3.05, 3.63) is 112 Å². The smallest absolute Gasteiger partial charge is 0.338 e. The average Bonchev–Trinajstić information content (AvgIpc) is 3.37. The summed E-state index contributed by atoms with van der Waals surface area (Å²) in [6.07, 6.45) is 1.76. The molecule has 12 heteroatoms. The number of nitrogens with zero attached hydrogens (tertiary/aromatic N) is 3. The van der Waals surface area contributed by atoms with E-state index in [2.05, 4.69) is 27.0 Å². The minimum Gasteiger partial charge on any atom is -0.493 e. The molecule has 0 aliphatic carbocycles. The summed E-state index contributed by atoms with van der Waals surface area (Å²) in [6, 6.07) is 17.4. The van der Waals surface area contributed by atoms with E-state index >= 15 is 0 Å². The van der Waals surface area contributed by atoms with Crippen LogP contribution in [-0.2, 0) is 16.1 Å². The van der Waals surface area contributed by atoms with E-state index in [0.29, 0.717) is 65.8 Å². The van der Waals surface area contributed by atoms with E-state index < -0.39 is 12.0 Å². The van der Waals surface area contributed by atoms with Crippen LogP contribution in [0.4, 0.5) is 0 Å². The number of ether oxygens (including phenoxy) is 5. The molecule has 2 heterocycles. The Morgan fingerprint density at radius 1 is 1.02 bits per heavy atom. The van der Waals surface area contributed by atoms with E-state index in [4.69, 9.17) is 23.7 Å². The van der Waals surface area contributed by atoms with Crippen molar-refractivity contribution in [1.29, 1.82) is 5.26 Å². The van der Waals surface area contributed by atoms with Crippen molar-refractivity contribution in [3.8, 4) is 29.1 Å². The lowest BCUT2D eigenvalue weighted by atomic mass is 9.95. The Kier molecular flexibility index (Phi) is 10.5. The second-order valence-electron chi connectivity index (χ2n) is 10.2. The lowest BCUT2D eigenvalue weighted by Gasteiger charge is -2.26. The van der Waals surface area contributed by atoms with Crippen LogP contribution in [0.2, 0.25) is 0 Å². The van der Waals surface area contributed by atoms with Gasteiger partial charge in [-0.05, 0) is 68.3 Å². The summed E-state index contributed by atoms with van der Waals surface area (Å²) >= 11 is 4.83. The van der Waals surface area contributed by atoms with Gasteiger partial charge in [-0.15, -0.1) is 0 Å². The molecule has 0 radical (unpaired) electrons. The highest BCUT2D eigenvalue weighted by Gasteiger charge is 2.35. The molecule has 5 rings (SSSR count). The Hall–Kier alpha value is -4.86. The molecule has 0 unspecified atom stereocenters. The Labute approximate surface area is 283 Å². The summed E-state index contributed by atoms with van der Waals surface area (Å²) in [5.41, 5.74) is 2.96. The topological polar surface area (TPSA) is 121 Å². The molecule has 10 nitrogen and oxygen atoms in total. The van der Waals surface area contributed by atoms with Gasteiger partial charge in [-0.2, -0.15) is 5.26 Å². The first kappa shape index (κ1) is 33.5. The van der Waals surface area contributed by atoms with E-state index in [0.717, 1.165) is 5.56 Å². The number of carbonyl (C=O) groups is 1. The minimum atomic E-state index is -0.854. The summed E-state index contributed by atoms with van der Waals surface area (Å²) in [4.78, 5) is 32.6. The van der Waals surface area contributed by atoms with Crippen molar-refractivity contribution in [3.63, 3.8) is 0 Å². The van der Waals surface area contributed by atoms with E-state index in [1.165, 1.54) is 30.1 Å². The number of allylic oxidation sites excluding steroid dienone is 1. The van der Waals surface area contributed by atoms with Crippen LogP contribution in [0, 0.1) is 11.3 Å². The summed E-state index contributed by atoms with van der Waals surface area (Å²) in [5, 5.41) is 9.43. The molecule has 1 aromatic heterocycles. The number of nitriles is 1. The lowest BCUT2D eigenvalue weighted by Crippen LogP contribution is -2.40. The van der Waals surface area contributed by atoms with Gasteiger partial charge in [0.15, 0.2) is 27.8 Å². The SMILES string of the molecule is CCOC(=O)C1=C(C)N=c2s/c(=C\c3ccc(OCc4ccccc4C#N)c(OCC)c3)c(=O)n2[C@H]1c1cc(OC)c(OC)cc1Br. The average molecular weight is 719 g/mol. The second-order valence-corrected chi connectivity index (χ2v) is 12.1. The van der Waals surface area contributed by atoms with E-state index in [1.54, 1.807) is 56.3 Å². The molecule has 0 spiro atoms. The molecular weight excluding hydrogens is 686 g/mol. The van der Waals surface area contributed by atoms with Gasteiger partial charge in [0.1, 0.15) is 6.61 Å². The third-order valence-electron chi connectivity index (χ3n) is 7.40. The number of benzene rings is 3. The van der Waals surface area contributed by atoms with Crippen LogP contribution in [0.1, 0.15) is 49.1 Å². The molecule has 0 fully saturated rings. The Morgan fingerprint density at radius 2 is 1.77 bits per heavy atom. The fourth-order valence-corrected chi connectivity index (χ4v) is 6.82. The molecule has 1 aliphatic heterocycles. The van der Waals surface area contributed by atoms with Gasteiger partial charge in [-0.3, -0.25) is 9.36 Å². The van der Waals surface area contributed by atoms with Crippen molar-refractivity contribution >= 4 is 39.3 Å². The third-order valence-corrected chi connectivity index (χ3v) is 9.07. The van der Waals surface area contributed by atoms with E-state index in [1.807, 2.05) is 25.1 Å². The first-order valence-corrected chi connectivity index (χ1v) is 16.3. The van der Waals surface area contributed by atoms with Crippen molar-refractivity contribution in [2.75, 3.05) is 27.4 Å². The van der Waals surface area contributed by atoms with Crippen LogP contribution in [0.15, 0.2) is 80.1 Å². The minimum absolute atomic E-state index is 0.159. The number of aromatic nitrogens is 1. The molecule has 4 aromatic rings. The number of esters is 1. The quantitative estimate of drug-likeness (QED) is 0.189. The van der Waals surface area contributed by atoms with Crippen LogP contribution >= 0.6 is 27.3 Å². The predicted octanol–water partition coefficient (Wildman–Crippen LogP) is 5.43. The summed E-state index contributed by atoms with van der Waals surface area (Å²) < 4.78 is 30.9. The molecule has 0 N–H and O–H groups in total. The van der Waals surface area contributed by atoms with Gasteiger partial charge in [-0.1, -0.05) is 51.5 Å². The first-order valence-electron chi connectivity index (χ1n) is 14.7. The van der Waals surface area contributed by atoms with Crippen molar-refractivity contribution in [2.45, 2.75) is 33.4 Å². The van der Waals surface area contributed by atoms with E-state index in [9.17, 15) is 14.9 Å². The number of methoxy groups -OCH3 is 2. The molecule has 0 bridgehead atoms. The fourth-order valence-electron chi connectivity index (χ4n) is 5.23. The Balaban J connectivity index is 1.60. The van der Waals surface area contributed by atoms with Crippen LogP contribution in [0.3, 0.4) is 0 Å². The normalized spacial score (nSPS) is 14.1. The number of carbonyl (C=O) groups excluding carboxylic acids is 1. The second kappa shape index (κ2) is 14.7. The number of fused-ring (bicyclic) bond motifs is 1. The standard InChI is InChI=1S/C35H32BrN3O7S/c1-6-44-29-14-21(12-13-26(29)46-19-23-11-9-8-10-22(23)18-37)15-30-33(40)39-32(24-16-27(42-4)28(43-5)17-25(24)36)31(34(41)45-7-2)20(3)38-35(39)47-30/h8-17,32H,6-7,19H2,1-5H3/b30-15-/t32-/m0/s1. The van der Waals surface area contributed by atoms with Gasteiger partial charge < -0.3 is 23.7 Å². The zero-order valence-electron chi connectivity index (χ0n) is 26.5. The van der Waals surface area contributed by atoms with Crippen LogP contribution in [-0.4, -0.2) is 38.0 Å². The number of hydrogen-bond acceptors (Lipinski definition) is 10. The van der Waals surface area contributed by atoms with Gasteiger partial charge in [0, 0.05) is 10.0 Å². The Bertz CT molecular complexity index is 2100. The Morgan fingerprint density at radius 3 is 2.47 bits per heavy atom. The highest BCUT2D eigenvalue weighted by Crippen LogP contribution is 2.41. The fraction of sp³-hybridized carbons (Fsp3) is 0.257. The van der Waals surface area contributed by atoms with Gasteiger partial charge in [0.2, 0.25) is 0 Å². The van der Waals surface area contributed by atoms with Crippen LogP contribution in [0.5, 0.6) is 23.0 Å². The molecule has 242 valence electrons. The molecule has 0 saturated heterocycles. The summed E-state index contributed by atoms with van der Waals surface area (Å²) in [7, 11) is 3.05. The third kappa shape index (κ3) is 6.82. The number of rotatable bonds is 11. The van der Waals surface area contributed by atoms with Gasteiger partial charge >= 0.3 is 5.97 Å². The zero-order valence-corrected chi connectivity index (χ0v) is 28.9. The van der Waals surface area contributed by atoms with Gasteiger partial charge in [0.05, 0.1) is 60.9 Å². The molecule has 0 saturated carbocycles. The first-order chi connectivity index (χ1) is 22.7. The predicted molar refractivity (Wildman–Crippen MR) is 181 cm³/mol. The highest BCUT2D eigenvalue weighted by atomic mass is 79.9. The zero-order chi connectivity index (χ0) is 33.7. The van der Waals surface area contributed by atoms with Gasteiger partial charge in [0.25, 0.3) is 5.56 Å². The molecule has 47 heavy (non-hydrogen) atoms. The number of thiazole rings is 1. The largest absolute Gasteiger partial charge is 0.493 e. The van der Waals surface area contributed by atoms with E-state index in [-0.39, 0.29) is 24.3 Å². The number of hydrogen-bond donors (Lipinski definition) is 0. The lowest BCUT2D eigenvalue weighted by molar-refractivity contribution is -0.139. The van der Waals surface area contributed by atoms with Crippen molar-refractivity contribution in [1.82, 2.24) is 4.57 Å². The maximum absolute atomic E-state index is 14.2. The summed E-state index contributed by atoms with van der Waals surface area (Å²) in [6.45, 7) is 6.07. The summed E-state index contributed by atoms with van der Waals surface area (Å²) in [5.74, 6) is 1.36. The maximum atomic E-state index is 14.2. The molecule has 1 atom stereocenters. The van der Waals surface area contributed by atoms with Gasteiger partial charge in [-0.25, -0.2) is 9.79 Å². The van der Waals surface area contributed by atoms with Crippen molar-refractivity contribution < 1.29 is 28.5 Å². The van der Waals surface area contributed by atoms with Crippen molar-refractivity contribution in [2.24, 2.45) is 4.99 Å². The molecule has 0 amide bonds. The number of halogens is 1. The molecular formula is C35H32BrN3O7S. The molecule has 1 aliphatic rings. The monoisotopic (exact) mass is 717 g/mol. The molecule has 3 aromatic carbocycles. The van der Waals surface area contributed by atoms with Crippen LogP contribution in [0.25, 0.3) is 6.08 Å². The highest BCUT2D eigenvalue weighted by molar-refractivity contribution is 9.10. The van der Waals surface area contributed by atoms with Crippen LogP contribution < -0.4 is 33.8 Å². The maximum Gasteiger partial charge on any atom is 0.338 e.